The molecule has 3 heteroatoms. The Kier molecular flexibility index (Phi) is 4.24. The monoisotopic (exact) mass is 367 g/mol. The molecule has 0 aliphatic carbocycles. The van der Waals surface area contributed by atoms with Gasteiger partial charge in [0.25, 0.3) is 0 Å². The first-order chi connectivity index (χ1) is 8.99. The molecule has 2 aromatic carbocycles. The molecule has 0 unspecified atom stereocenters. The van der Waals surface area contributed by atoms with E-state index in [1.54, 1.807) is 12.1 Å². The van der Waals surface area contributed by atoms with E-state index in [0.717, 1.165) is 3.57 Å². The predicted octanol–water partition coefficient (Wildman–Crippen LogP) is 0.438. The Hall–Kier alpha value is -1.36. The molecule has 19 heavy (non-hydrogen) atoms. The van der Waals surface area contributed by atoms with Gasteiger partial charge in [-0.15, -0.1) is 0 Å². The van der Waals surface area contributed by atoms with E-state index in [0.29, 0.717) is 5.56 Å². The molecular weight excluding hydrogens is 351 g/mol. The molecule has 0 spiro atoms. The Morgan fingerprint density at radius 1 is 1.05 bits per heavy atom. The van der Waals surface area contributed by atoms with Crippen molar-refractivity contribution in [2.75, 3.05) is 0 Å². The van der Waals surface area contributed by atoms with E-state index < -0.39 is 27.2 Å². The molecule has 1 N–H and O–H groups in total. The van der Waals surface area contributed by atoms with Crippen LogP contribution in [0.5, 0.6) is 0 Å². The van der Waals surface area contributed by atoms with E-state index in [1.165, 1.54) is 20.3 Å². The van der Waals surface area contributed by atoms with Gasteiger partial charge in [0.1, 0.15) is 0 Å². The van der Waals surface area contributed by atoms with E-state index in [1.807, 2.05) is 12.1 Å². The molecule has 0 bridgehead atoms. The van der Waals surface area contributed by atoms with Crippen LogP contribution in [0.2, 0.25) is 0 Å². The fourth-order valence-electron chi connectivity index (χ4n) is 2.13. The Morgan fingerprint density at radius 2 is 1.63 bits per heavy atom. The van der Waals surface area contributed by atoms with Crippen LogP contribution in [0, 0.1) is 27.9 Å². The quantitative estimate of drug-likeness (QED) is 0.800. The van der Waals surface area contributed by atoms with Crippen molar-refractivity contribution in [1.29, 1.82) is 0 Å². The van der Waals surface area contributed by atoms with Crippen LogP contribution in [0.4, 0.5) is 0 Å². The second-order valence-corrected chi connectivity index (χ2v) is 7.37. The normalized spacial score (nSPS) is 10.7. The number of carboxylic acid groups (broad SMARTS) is 1. The number of aryl methyl sites for hydroxylation is 3. The SMILES string of the molecule is Cc1cc(C)c([I-]c2ccccc2C(=O)O)c(C)c1. The van der Waals surface area contributed by atoms with Crippen LogP contribution in [0.1, 0.15) is 27.0 Å². The summed E-state index contributed by atoms with van der Waals surface area (Å²) in [7, 11) is 0. The van der Waals surface area contributed by atoms with Gasteiger partial charge in [-0.05, 0) is 0 Å². The molecule has 100 valence electrons. The second-order valence-electron chi connectivity index (χ2n) is 4.59. The number of aromatic carboxylic acids is 1. The standard InChI is InChI=1S/C16H16IO2/c1-10-8-11(2)15(12(3)9-10)17-14-7-5-4-6-13(14)16(18)19/h4-9H,1-3H3,(H,18,19)/q-1. The average Bonchev–Trinajstić information content (AvgIpc) is 2.34. The van der Waals surface area contributed by atoms with Gasteiger partial charge in [-0.1, -0.05) is 0 Å². The van der Waals surface area contributed by atoms with Gasteiger partial charge in [0.05, 0.1) is 0 Å². The summed E-state index contributed by atoms with van der Waals surface area (Å²) < 4.78 is 2.31. The molecule has 0 radical (unpaired) electrons. The Morgan fingerprint density at radius 3 is 2.21 bits per heavy atom. The van der Waals surface area contributed by atoms with Gasteiger partial charge < -0.3 is 0 Å². The molecule has 0 saturated carbocycles. The maximum absolute atomic E-state index is 11.3. The topological polar surface area (TPSA) is 37.3 Å². The average molecular weight is 367 g/mol. The Balaban J connectivity index is 2.45. The summed E-state index contributed by atoms with van der Waals surface area (Å²) in [6.07, 6.45) is 0. The van der Waals surface area contributed by atoms with Crippen molar-refractivity contribution in [3.05, 3.63) is 65.8 Å². The second kappa shape index (κ2) is 5.74. The van der Waals surface area contributed by atoms with Crippen molar-refractivity contribution < 1.29 is 31.1 Å². The molecule has 0 fully saturated rings. The van der Waals surface area contributed by atoms with E-state index in [4.69, 9.17) is 0 Å². The van der Waals surface area contributed by atoms with Crippen LogP contribution in [-0.4, -0.2) is 11.1 Å². The zero-order chi connectivity index (χ0) is 14.0. The van der Waals surface area contributed by atoms with Gasteiger partial charge in [0.2, 0.25) is 0 Å². The zero-order valence-electron chi connectivity index (χ0n) is 11.2. The number of carbonyl (C=O) groups is 1. The molecule has 0 saturated heterocycles. The van der Waals surface area contributed by atoms with Crippen molar-refractivity contribution in [3.8, 4) is 0 Å². The molecule has 0 amide bonds. The molecule has 2 aromatic rings. The van der Waals surface area contributed by atoms with Crippen LogP contribution in [0.25, 0.3) is 0 Å². The molecule has 0 heterocycles. The predicted molar refractivity (Wildman–Crippen MR) is 71.4 cm³/mol. The molecule has 0 aromatic heterocycles. The van der Waals surface area contributed by atoms with Crippen molar-refractivity contribution in [1.82, 2.24) is 0 Å². The van der Waals surface area contributed by atoms with Crippen molar-refractivity contribution >= 4 is 5.97 Å². The molecule has 0 aliphatic heterocycles. The van der Waals surface area contributed by atoms with Crippen molar-refractivity contribution in [2.24, 2.45) is 0 Å². The summed E-state index contributed by atoms with van der Waals surface area (Å²) in [6, 6.07) is 11.7. The zero-order valence-corrected chi connectivity index (χ0v) is 13.4. The summed E-state index contributed by atoms with van der Waals surface area (Å²) >= 11 is -0.464. The third-order valence-corrected chi connectivity index (χ3v) is 6.64. The van der Waals surface area contributed by atoms with E-state index >= 15 is 0 Å². The van der Waals surface area contributed by atoms with Crippen LogP contribution in [0.15, 0.2) is 36.4 Å². The van der Waals surface area contributed by atoms with Crippen LogP contribution >= 0.6 is 0 Å². The van der Waals surface area contributed by atoms with Gasteiger partial charge in [0.15, 0.2) is 0 Å². The molecular formula is C16H16IO2-. The van der Waals surface area contributed by atoms with Gasteiger partial charge in [-0.25, -0.2) is 0 Å². The molecule has 0 atom stereocenters. The van der Waals surface area contributed by atoms with Crippen molar-refractivity contribution in [3.63, 3.8) is 0 Å². The minimum absolute atomic E-state index is 0.440. The van der Waals surface area contributed by atoms with Crippen molar-refractivity contribution in [2.45, 2.75) is 20.8 Å². The first-order valence-electron chi connectivity index (χ1n) is 6.04. The van der Waals surface area contributed by atoms with Gasteiger partial charge in [-0.3, -0.25) is 0 Å². The number of rotatable bonds is 3. The molecule has 2 nitrogen and oxygen atoms in total. The number of halogens is 1. The summed E-state index contributed by atoms with van der Waals surface area (Å²) in [5.74, 6) is -0.835. The number of hydrogen-bond donors (Lipinski definition) is 1. The number of carboxylic acids is 1. The number of hydrogen-bond acceptors (Lipinski definition) is 1. The Bertz CT molecular complexity index is 609. The third kappa shape index (κ3) is 3.15. The van der Waals surface area contributed by atoms with Crippen LogP contribution in [-0.2, 0) is 0 Å². The first kappa shape index (κ1) is 14.1. The first-order valence-corrected chi connectivity index (χ1v) is 8.20. The summed E-state index contributed by atoms with van der Waals surface area (Å²) in [4.78, 5) is 11.3. The maximum atomic E-state index is 11.3. The van der Waals surface area contributed by atoms with E-state index in [-0.39, 0.29) is 0 Å². The van der Waals surface area contributed by atoms with Gasteiger partial charge in [-0.2, -0.15) is 0 Å². The Labute approximate surface area is 123 Å². The third-order valence-electron chi connectivity index (χ3n) is 2.88. The van der Waals surface area contributed by atoms with Gasteiger partial charge in [0, 0.05) is 0 Å². The fraction of sp³-hybridized carbons (Fsp3) is 0.188. The van der Waals surface area contributed by atoms with Gasteiger partial charge >= 0.3 is 124 Å². The molecule has 0 aliphatic rings. The summed E-state index contributed by atoms with van der Waals surface area (Å²) in [6.45, 7) is 6.31. The van der Waals surface area contributed by atoms with E-state index in [2.05, 4.69) is 32.9 Å². The minimum atomic E-state index is -0.835. The molecule has 2 rings (SSSR count). The van der Waals surface area contributed by atoms with E-state index in [9.17, 15) is 9.90 Å². The van der Waals surface area contributed by atoms with Crippen LogP contribution < -0.4 is 21.2 Å². The van der Waals surface area contributed by atoms with Crippen LogP contribution in [0.3, 0.4) is 0 Å². The summed E-state index contributed by atoms with van der Waals surface area (Å²) in [5, 5.41) is 9.24. The summed E-state index contributed by atoms with van der Waals surface area (Å²) in [5.41, 5.74) is 4.24. The fourth-order valence-corrected chi connectivity index (χ4v) is 4.96. The number of benzene rings is 2.